The molecule has 0 radical (unpaired) electrons. The molecule has 5 rings (SSSR count). The summed E-state index contributed by atoms with van der Waals surface area (Å²) in [7, 11) is 1.64. The second kappa shape index (κ2) is 9.11. The number of carbonyl (C=O) groups is 1. The highest BCUT2D eigenvalue weighted by Crippen LogP contribution is 2.34. The molecule has 0 saturated heterocycles. The molecule has 0 bridgehead atoms. The van der Waals surface area contributed by atoms with Gasteiger partial charge >= 0.3 is 0 Å². The SMILES string of the molecule is COc1ccc(C2=NN(C(=O)CSc3nc4ccccc4o3)[C@@H](c3ccc(C)cc3)C2)cc1. The fourth-order valence-electron chi connectivity index (χ4n) is 3.85. The number of rotatable bonds is 6. The molecule has 1 aromatic heterocycles. The van der Waals surface area contributed by atoms with Gasteiger partial charge in [-0.2, -0.15) is 5.10 Å². The third kappa shape index (κ3) is 4.50. The molecule has 0 spiro atoms. The molecule has 0 N–H and O–H groups in total. The molecule has 0 unspecified atom stereocenters. The largest absolute Gasteiger partial charge is 0.497 e. The number of para-hydroxylation sites is 2. The summed E-state index contributed by atoms with van der Waals surface area (Å²) in [4.78, 5) is 17.7. The number of amides is 1. The second-order valence-electron chi connectivity index (χ2n) is 7.88. The Kier molecular flexibility index (Phi) is 5.88. The average Bonchev–Trinajstić information content (AvgIpc) is 3.48. The molecule has 1 aliphatic heterocycles. The Labute approximate surface area is 196 Å². The molecule has 33 heavy (non-hydrogen) atoms. The molecule has 0 saturated carbocycles. The van der Waals surface area contributed by atoms with Crippen LogP contribution in [0.4, 0.5) is 0 Å². The fourth-order valence-corrected chi connectivity index (χ4v) is 4.54. The summed E-state index contributed by atoms with van der Waals surface area (Å²) in [5.74, 6) is 0.889. The van der Waals surface area contributed by atoms with Crippen molar-refractivity contribution >= 4 is 34.5 Å². The Hall–Kier alpha value is -3.58. The van der Waals surface area contributed by atoms with Gasteiger partial charge < -0.3 is 9.15 Å². The maximum atomic E-state index is 13.3. The van der Waals surface area contributed by atoms with Gasteiger partial charge in [-0.15, -0.1) is 0 Å². The van der Waals surface area contributed by atoms with Crippen LogP contribution in [0, 0.1) is 6.92 Å². The number of aromatic nitrogens is 1. The van der Waals surface area contributed by atoms with E-state index >= 15 is 0 Å². The van der Waals surface area contributed by atoms with E-state index in [0.29, 0.717) is 17.2 Å². The monoisotopic (exact) mass is 457 g/mol. The third-order valence-corrected chi connectivity index (χ3v) is 6.46. The van der Waals surface area contributed by atoms with Crippen LogP contribution in [0.15, 0.2) is 87.5 Å². The number of nitrogens with zero attached hydrogens (tertiary/aromatic N) is 3. The van der Waals surface area contributed by atoms with Crippen LogP contribution < -0.4 is 4.74 Å². The van der Waals surface area contributed by atoms with Gasteiger partial charge in [0.15, 0.2) is 5.58 Å². The Morgan fingerprint density at radius 3 is 2.58 bits per heavy atom. The van der Waals surface area contributed by atoms with Gasteiger partial charge in [0.05, 0.1) is 24.6 Å². The van der Waals surface area contributed by atoms with E-state index in [-0.39, 0.29) is 17.7 Å². The summed E-state index contributed by atoms with van der Waals surface area (Å²) in [6, 6.07) is 23.5. The molecule has 166 valence electrons. The molecular weight excluding hydrogens is 434 g/mol. The quantitative estimate of drug-likeness (QED) is 0.352. The number of hydrogen-bond acceptors (Lipinski definition) is 6. The van der Waals surface area contributed by atoms with E-state index in [0.717, 1.165) is 28.1 Å². The first kappa shape index (κ1) is 21.3. The van der Waals surface area contributed by atoms with Gasteiger partial charge in [-0.1, -0.05) is 53.7 Å². The predicted molar refractivity (Wildman–Crippen MR) is 130 cm³/mol. The van der Waals surface area contributed by atoms with E-state index in [9.17, 15) is 4.79 Å². The minimum absolute atomic E-state index is 0.0867. The van der Waals surface area contributed by atoms with Crippen molar-refractivity contribution in [2.75, 3.05) is 12.9 Å². The second-order valence-corrected chi connectivity index (χ2v) is 8.81. The number of aryl methyl sites for hydroxylation is 1. The molecule has 3 aromatic carbocycles. The van der Waals surface area contributed by atoms with Crippen molar-refractivity contribution in [3.05, 3.63) is 89.5 Å². The van der Waals surface area contributed by atoms with E-state index in [1.165, 1.54) is 17.3 Å². The first-order valence-corrected chi connectivity index (χ1v) is 11.7. The van der Waals surface area contributed by atoms with Crippen molar-refractivity contribution in [3.8, 4) is 5.75 Å². The number of hydrazone groups is 1. The number of oxazole rings is 1. The number of hydrogen-bond donors (Lipinski definition) is 0. The number of benzene rings is 3. The third-order valence-electron chi connectivity index (χ3n) is 5.64. The minimum atomic E-state index is -0.153. The lowest BCUT2D eigenvalue weighted by molar-refractivity contribution is -0.130. The molecule has 7 heteroatoms. The molecule has 0 fully saturated rings. The van der Waals surface area contributed by atoms with Gasteiger partial charge in [-0.3, -0.25) is 4.79 Å². The normalized spacial score (nSPS) is 15.6. The number of ether oxygens (including phenoxy) is 1. The highest BCUT2D eigenvalue weighted by molar-refractivity contribution is 7.99. The minimum Gasteiger partial charge on any atom is -0.497 e. The van der Waals surface area contributed by atoms with Crippen LogP contribution in [0.1, 0.15) is 29.2 Å². The standard InChI is InChI=1S/C26H23N3O3S/c1-17-7-9-19(10-8-17)23-15-22(18-11-13-20(31-2)14-12-18)28-29(23)25(30)16-33-26-27-21-5-3-4-6-24(21)32-26/h3-14,23H,15-16H2,1-2H3/t23-/m1/s1. The topological polar surface area (TPSA) is 67.9 Å². The Morgan fingerprint density at radius 1 is 1.09 bits per heavy atom. The van der Waals surface area contributed by atoms with Crippen LogP contribution in [0.3, 0.4) is 0 Å². The molecule has 0 aliphatic carbocycles. The zero-order valence-electron chi connectivity index (χ0n) is 18.4. The molecule has 6 nitrogen and oxygen atoms in total. The van der Waals surface area contributed by atoms with Gasteiger partial charge in [0.25, 0.3) is 11.1 Å². The lowest BCUT2D eigenvalue weighted by Gasteiger charge is -2.21. The maximum Gasteiger partial charge on any atom is 0.257 e. The van der Waals surface area contributed by atoms with Crippen LogP contribution in [-0.4, -0.2) is 34.5 Å². The fraction of sp³-hybridized carbons (Fsp3) is 0.192. The Bertz CT molecular complexity index is 1280. The summed E-state index contributed by atoms with van der Waals surface area (Å²) >= 11 is 1.29. The van der Waals surface area contributed by atoms with E-state index in [2.05, 4.69) is 36.2 Å². The van der Waals surface area contributed by atoms with Gasteiger partial charge in [0.2, 0.25) is 0 Å². The van der Waals surface area contributed by atoms with E-state index in [1.807, 2.05) is 48.5 Å². The molecule has 1 atom stereocenters. The molecule has 2 heterocycles. The van der Waals surface area contributed by atoms with Gasteiger partial charge in [-0.25, -0.2) is 9.99 Å². The lowest BCUT2D eigenvalue weighted by atomic mass is 9.97. The predicted octanol–water partition coefficient (Wildman–Crippen LogP) is 5.61. The lowest BCUT2D eigenvalue weighted by Crippen LogP contribution is -2.28. The first-order chi connectivity index (χ1) is 16.1. The summed E-state index contributed by atoms with van der Waals surface area (Å²) in [5.41, 5.74) is 5.60. The summed E-state index contributed by atoms with van der Waals surface area (Å²) in [6.45, 7) is 2.05. The van der Waals surface area contributed by atoms with Crippen LogP contribution in [0.2, 0.25) is 0 Å². The van der Waals surface area contributed by atoms with Crippen molar-refractivity contribution in [3.63, 3.8) is 0 Å². The zero-order chi connectivity index (χ0) is 22.8. The maximum absolute atomic E-state index is 13.3. The summed E-state index contributed by atoms with van der Waals surface area (Å²) < 4.78 is 11.0. The van der Waals surface area contributed by atoms with Crippen LogP contribution >= 0.6 is 11.8 Å². The van der Waals surface area contributed by atoms with E-state index in [1.54, 1.807) is 12.1 Å². The van der Waals surface area contributed by atoms with Crippen LogP contribution in [0.5, 0.6) is 5.75 Å². The van der Waals surface area contributed by atoms with Crippen molar-refractivity contribution in [1.29, 1.82) is 0 Å². The summed E-state index contributed by atoms with van der Waals surface area (Å²) in [5, 5.41) is 6.84. The van der Waals surface area contributed by atoms with Crippen molar-refractivity contribution < 1.29 is 13.9 Å². The smallest absolute Gasteiger partial charge is 0.257 e. The highest BCUT2D eigenvalue weighted by atomic mass is 32.2. The first-order valence-electron chi connectivity index (χ1n) is 10.7. The zero-order valence-corrected chi connectivity index (χ0v) is 19.2. The Balaban J connectivity index is 1.38. The van der Waals surface area contributed by atoms with E-state index in [4.69, 9.17) is 14.3 Å². The van der Waals surface area contributed by atoms with Crippen LogP contribution in [0.25, 0.3) is 11.1 Å². The molecule has 1 aliphatic rings. The number of fused-ring (bicyclic) bond motifs is 1. The highest BCUT2D eigenvalue weighted by Gasteiger charge is 2.33. The van der Waals surface area contributed by atoms with Gasteiger partial charge in [0.1, 0.15) is 11.3 Å². The van der Waals surface area contributed by atoms with E-state index < -0.39 is 0 Å². The number of thioether (sulfide) groups is 1. The van der Waals surface area contributed by atoms with Crippen molar-refractivity contribution in [2.45, 2.75) is 24.6 Å². The summed E-state index contributed by atoms with van der Waals surface area (Å²) in [6.07, 6.45) is 0.648. The molecular formula is C26H23N3O3S. The van der Waals surface area contributed by atoms with Crippen molar-refractivity contribution in [2.24, 2.45) is 5.10 Å². The average molecular weight is 458 g/mol. The molecule has 4 aromatic rings. The van der Waals surface area contributed by atoms with Gasteiger partial charge in [0, 0.05) is 6.42 Å². The molecule has 1 amide bonds. The Morgan fingerprint density at radius 2 is 1.85 bits per heavy atom. The van der Waals surface area contributed by atoms with Crippen molar-refractivity contribution in [1.82, 2.24) is 9.99 Å². The number of methoxy groups -OCH3 is 1. The number of carbonyl (C=O) groups excluding carboxylic acids is 1. The van der Waals surface area contributed by atoms with Gasteiger partial charge in [-0.05, 0) is 54.4 Å². The van der Waals surface area contributed by atoms with Crippen LogP contribution in [-0.2, 0) is 4.79 Å².